The van der Waals surface area contributed by atoms with E-state index in [1.54, 1.807) is 0 Å². The van der Waals surface area contributed by atoms with Crippen molar-refractivity contribution in [2.75, 3.05) is 0 Å². The smallest absolute Gasteiger partial charge is 0.303 e. The molecule has 1 heterocycles. The largest absolute Gasteiger partial charge is 0.481 e. The summed E-state index contributed by atoms with van der Waals surface area (Å²) in [4.78, 5) is 22.5. The van der Waals surface area contributed by atoms with Gasteiger partial charge in [0.2, 0.25) is 0 Å². The monoisotopic (exact) mass is 370 g/mol. The number of unbranched alkanes of at least 4 members (excludes halogenated alkanes) is 3. The molecule has 0 bridgehead atoms. The number of carbonyl (C=O) groups excluding carboxylic acids is 1. The Morgan fingerprint density at radius 2 is 1.85 bits per heavy atom. The normalized spacial score (nSPS) is 26.3. The summed E-state index contributed by atoms with van der Waals surface area (Å²) in [6.07, 6.45) is 8.61. The maximum atomic E-state index is 12.0. The summed E-state index contributed by atoms with van der Waals surface area (Å²) in [5, 5.41) is 28.7. The molecular formula is C20H34O6. The van der Waals surface area contributed by atoms with Crippen molar-refractivity contribution in [1.82, 2.24) is 0 Å². The molecule has 3 N–H and O–H groups in total. The Hall–Kier alpha value is -1.24. The van der Waals surface area contributed by atoms with Gasteiger partial charge in [-0.15, -0.1) is 0 Å². The van der Waals surface area contributed by atoms with Crippen LogP contribution < -0.4 is 0 Å². The Kier molecular flexibility index (Phi) is 11.4. The second kappa shape index (κ2) is 13.0. The van der Waals surface area contributed by atoms with Crippen LogP contribution in [0.5, 0.6) is 0 Å². The highest BCUT2D eigenvalue weighted by molar-refractivity contribution is 5.78. The van der Waals surface area contributed by atoms with Crippen LogP contribution in [0.2, 0.25) is 0 Å². The van der Waals surface area contributed by atoms with Crippen molar-refractivity contribution in [3.8, 4) is 0 Å². The molecule has 6 nitrogen and oxygen atoms in total. The number of aliphatic carboxylic acids is 1. The zero-order valence-corrected chi connectivity index (χ0v) is 15.8. The van der Waals surface area contributed by atoms with E-state index in [1.165, 1.54) is 0 Å². The van der Waals surface area contributed by atoms with Crippen LogP contribution in [0, 0.1) is 5.92 Å². The molecule has 4 unspecified atom stereocenters. The molecule has 26 heavy (non-hydrogen) atoms. The van der Waals surface area contributed by atoms with Crippen LogP contribution in [-0.2, 0) is 14.3 Å². The number of hydrogen-bond acceptors (Lipinski definition) is 5. The quantitative estimate of drug-likeness (QED) is 0.340. The van der Waals surface area contributed by atoms with Gasteiger partial charge in [-0.2, -0.15) is 0 Å². The van der Waals surface area contributed by atoms with Gasteiger partial charge in [-0.3, -0.25) is 9.59 Å². The number of carboxylic acids is 1. The highest BCUT2D eigenvalue weighted by Crippen LogP contribution is 2.30. The van der Waals surface area contributed by atoms with Gasteiger partial charge in [-0.05, 0) is 32.1 Å². The van der Waals surface area contributed by atoms with E-state index in [1.807, 2.05) is 12.2 Å². The SMILES string of the molecule is CCCCCC(=O)CCC1OC(O)CC(O)C1CC=CCCCC(=O)O. The number of aliphatic hydroxyl groups is 2. The first-order chi connectivity index (χ1) is 12.4. The molecule has 1 saturated heterocycles. The third kappa shape index (κ3) is 9.46. The van der Waals surface area contributed by atoms with E-state index in [-0.39, 0.29) is 30.6 Å². The Bertz CT molecular complexity index is 448. The van der Waals surface area contributed by atoms with Crippen LogP contribution in [0.1, 0.15) is 77.6 Å². The molecule has 0 aliphatic carbocycles. The predicted octanol–water partition coefficient (Wildman–Crippen LogP) is 3.20. The molecule has 150 valence electrons. The predicted molar refractivity (Wildman–Crippen MR) is 98.6 cm³/mol. The van der Waals surface area contributed by atoms with Gasteiger partial charge in [0.25, 0.3) is 0 Å². The van der Waals surface area contributed by atoms with Crippen molar-refractivity contribution in [2.24, 2.45) is 5.92 Å². The molecular weight excluding hydrogens is 336 g/mol. The van der Waals surface area contributed by atoms with Crippen LogP contribution in [0.3, 0.4) is 0 Å². The average Bonchev–Trinajstić information content (AvgIpc) is 2.57. The maximum absolute atomic E-state index is 12.0. The summed E-state index contributed by atoms with van der Waals surface area (Å²) in [5.74, 6) is -0.746. The molecule has 1 aliphatic heterocycles. The van der Waals surface area contributed by atoms with E-state index < -0.39 is 18.4 Å². The molecule has 1 aliphatic rings. The lowest BCUT2D eigenvalue weighted by Gasteiger charge is -2.37. The molecule has 1 rings (SSSR count). The van der Waals surface area contributed by atoms with Gasteiger partial charge in [0.1, 0.15) is 5.78 Å². The Labute approximate surface area is 156 Å². The van der Waals surface area contributed by atoms with Gasteiger partial charge < -0.3 is 20.1 Å². The van der Waals surface area contributed by atoms with Crippen LogP contribution in [-0.4, -0.2) is 45.6 Å². The van der Waals surface area contributed by atoms with Crippen molar-refractivity contribution < 1.29 is 29.6 Å². The Morgan fingerprint density at radius 1 is 1.08 bits per heavy atom. The number of ketones is 1. The molecule has 4 atom stereocenters. The van der Waals surface area contributed by atoms with Gasteiger partial charge >= 0.3 is 5.97 Å². The third-order valence-corrected chi connectivity index (χ3v) is 4.85. The first-order valence-corrected chi connectivity index (χ1v) is 9.84. The molecule has 1 fully saturated rings. The molecule has 0 aromatic rings. The summed E-state index contributed by atoms with van der Waals surface area (Å²) in [5.41, 5.74) is 0. The first-order valence-electron chi connectivity index (χ1n) is 9.84. The fraction of sp³-hybridized carbons (Fsp3) is 0.800. The number of hydrogen-bond donors (Lipinski definition) is 3. The minimum Gasteiger partial charge on any atom is -0.481 e. The standard InChI is InChI=1S/C20H34O6/c1-2-3-6-9-15(21)12-13-18-16(17(22)14-20(25)26-18)10-7-4-5-8-11-19(23)24/h4,7,16-18,20,22,25H,2-3,5-6,8-14H2,1H3,(H,23,24). The summed E-state index contributed by atoms with van der Waals surface area (Å²) < 4.78 is 5.59. The van der Waals surface area contributed by atoms with Gasteiger partial charge in [0, 0.05) is 31.6 Å². The third-order valence-electron chi connectivity index (χ3n) is 4.85. The maximum Gasteiger partial charge on any atom is 0.303 e. The van der Waals surface area contributed by atoms with E-state index >= 15 is 0 Å². The Morgan fingerprint density at radius 3 is 2.54 bits per heavy atom. The van der Waals surface area contributed by atoms with Gasteiger partial charge in [0.15, 0.2) is 6.29 Å². The zero-order chi connectivity index (χ0) is 19.4. The van der Waals surface area contributed by atoms with Gasteiger partial charge in [-0.1, -0.05) is 31.9 Å². The summed E-state index contributed by atoms with van der Waals surface area (Å²) in [7, 11) is 0. The molecule has 0 saturated carbocycles. The highest BCUT2D eigenvalue weighted by atomic mass is 16.6. The fourth-order valence-electron chi connectivity index (χ4n) is 3.32. The summed E-state index contributed by atoms with van der Waals surface area (Å²) in [6.45, 7) is 2.10. The second-order valence-corrected chi connectivity index (χ2v) is 7.12. The molecule has 0 amide bonds. The number of ether oxygens (including phenoxy) is 1. The van der Waals surface area contributed by atoms with Crippen molar-refractivity contribution in [3.63, 3.8) is 0 Å². The minimum absolute atomic E-state index is 0.147. The number of carbonyl (C=O) groups is 2. The highest BCUT2D eigenvalue weighted by Gasteiger charge is 2.36. The number of Topliss-reactive ketones (excluding diaryl/α,β-unsaturated/α-hetero) is 1. The molecule has 0 aromatic heterocycles. The zero-order valence-electron chi connectivity index (χ0n) is 15.8. The van der Waals surface area contributed by atoms with Gasteiger partial charge in [0.05, 0.1) is 12.2 Å². The molecule has 0 radical (unpaired) electrons. The van der Waals surface area contributed by atoms with Crippen molar-refractivity contribution in [1.29, 1.82) is 0 Å². The van der Waals surface area contributed by atoms with Crippen molar-refractivity contribution in [2.45, 2.75) is 96.1 Å². The second-order valence-electron chi connectivity index (χ2n) is 7.12. The van der Waals surface area contributed by atoms with E-state index in [2.05, 4.69) is 6.92 Å². The fourth-order valence-corrected chi connectivity index (χ4v) is 3.32. The number of rotatable bonds is 13. The first kappa shape index (κ1) is 22.8. The molecule has 6 heteroatoms. The van der Waals surface area contributed by atoms with Crippen molar-refractivity contribution in [3.05, 3.63) is 12.2 Å². The average molecular weight is 370 g/mol. The summed E-state index contributed by atoms with van der Waals surface area (Å²) >= 11 is 0. The number of allylic oxidation sites excluding steroid dienone is 2. The lowest BCUT2D eigenvalue weighted by molar-refractivity contribution is -0.215. The molecule has 0 spiro atoms. The van der Waals surface area contributed by atoms with E-state index in [0.29, 0.717) is 38.5 Å². The number of carboxylic acid groups (broad SMARTS) is 1. The van der Waals surface area contributed by atoms with Crippen molar-refractivity contribution >= 4 is 11.8 Å². The van der Waals surface area contributed by atoms with Crippen LogP contribution in [0.4, 0.5) is 0 Å². The molecule has 0 aromatic carbocycles. The minimum atomic E-state index is -0.985. The lowest BCUT2D eigenvalue weighted by atomic mass is 9.85. The van der Waals surface area contributed by atoms with Gasteiger partial charge in [-0.25, -0.2) is 0 Å². The number of aliphatic hydroxyl groups excluding tert-OH is 2. The van der Waals surface area contributed by atoms with Crippen LogP contribution in [0.25, 0.3) is 0 Å². The van der Waals surface area contributed by atoms with Crippen LogP contribution >= 0.6 is 0 Å². The van der Waals surface area contributed by atoms with E-state index in [9.17, 15) is 19.8 Å². The van der Waals surface area contributed by atoms with E-state index in [4.69, 9.17) is 9.84 Å². The lowest BCUT2D eigenvalue weighted by Crippen LogP contribution is -2.44. The van der Waals surface area contributed by atoms with E-state index in [0.717, 1.165) is 19.3 Å². The topological polar surface area (TPSA) is 104 Å². The van der Waals surface area contributed by atoms with Crippen LogP contribution in [0.15, 0.2) is 12.2 Å². The summed E-state index contributed by atoms with van der Waals surface area (Å²) in [6, 6.07) is 0. The Balaban J connectivity index is 2.44.